The summed E-state index contributed by atoms with van der Waals surface area (Å²) in [7, 11) is 0. The molecule has 0 aromatic rings. The van der Waals surface area contributed by atoms with Crippen molar-refractivity contribution in [3.8, 4) is 0 Å². The van der Waals surface area contributed by atoms with E-state index in [2.05, 4.69) is 31.4 Å². The Balaban J connectivity index is 1.47. The summed E-state index contributed by atoms with van der Waals surface area (Å²) in [6.45, 7) is 8.34. The van der Waals surface area contributed by atoms with E-state index in [0.717, 1.165) is 49.9 Å². The van der Waals surface area contributed by atoms with E-state index in [4.69, 9.17) is 0 Å². The molecule has 0 aromatic carbocycles. The van der Waals surface area contributed by atoms with Crippen LogP contribution in [-0.4, -0.2) is 23.9 Å². The van der Waals surface area contributed by atoms with Gasteiger partial charge in [0.05, 0.1) is 0 Å². The van der Waals surface area contributed by atoms with Crippen molar-refractivity contribution in [2.45, 2.75) is 97.6 Å². The Hall–Kier alpha value is -1.06. The summed E-state index contributed by atoms with van der Waals surface area (Å²) in [5, 5.41) is 6.14. The highest BCUT2D eigenvalue weighted by Gasteiger charge is 2.54. The van der Waals surface area contributed by atoms with E-state index in [0.29, 0.717) is 5.92 Å². The first-order chi connectivity index (χ1) is 12.3. The van der Waals surface area contributed by atoms with E-state index in [-0.39, 0.29) is 23.3 Å². The quantitative estimate of drug-likeness (QED) is 0.685. The molecular weight excluding hydrogens is 324 g/mol. The molecule has 0 spiro atoms. The second kappa shape index (κ2) is 7.90. The zero-order valence-corrected chi connectivity index (χ0v) is 17.1. The normalized spacial score (nSPS) is 34.6. The van der Waals surface area contributed by atoms with E-state index in [9.17, 15) is 9.59 Å². The fraction of sp³-hybridized carbons (Fsp3) is 0.909. The molecule has 2 N–H and O–H groups in total. The van der Waals surface area contributed by atoms with Crippen LogP contribution in [0.2, 0.25) is 0 Å². The van der Waals surface area contributed by atoms with Gasteiger partial charge in [-0.3, -0.25) is 9.59 Å². The minimum Gasteiger partial charge on any atom is -0.352 e. The van der Waals surface area contributed by atoms with Crippen molar-refractivity contribution in [2.75, 3.05) is 0 Å². The molecule has 0 radical (unpaired) electrons. The lowest BCUT2D eigenvalue weighted by molar-refractivity contribution is -0.148. The molecule has 0 aromatic heterocycles. The van der Waals surface area contributed by atoms with Crippen molar-refractivity contribution >= 4 is 11.8 Å². The number of hydrogen-bond acceptors (Lipinski definition) is 2. The van der Waals surface area contributed by atoms with Gasteiger partial charge >= 0.3 is 0 Å². The summed E-state index contributed by atoms with van der Waals surface area (Å²) < 4.78 is 0. The summed E-state index contributed by atoms with van der Waals surface area (Å²) >= 11 is 0. The third kappa shape index (κ3) is 4.43. The average molecular weight is 363 g/mol. The van der Waals surface area contributed by atoms with Crippen LogP contribution in [0, 0.1) is 29.1 Å². The monoisotopic (exact) mass is 362 g/mol. The fourth-order valence-electron chi connectivity index (χ4n) is 6.08. The number of rotatable bonds is 8. The van der Waals surface area contributed by atoms with Crippen LogP contribution >= 0.6 is 0 Å². The Morgan fingerprint density at radius 1 is 0.885 bits per heavy atom. The zero-order chi connectivity index (χ0) is 18.9. The van der Waals surface area contributed by atoms with Gasteiger partial charge in [-0.05, 0) is 82.5 Å². The Morgan fingerprint density at radius 3 is 1.92 bits per heavy atom. The van der Waals surface area contributed by atoms with Gasteiger partial charge in [0.15, 0.2) is 0 Å². The molecule has 4 aliphatic carbocycles. The van der Waals surface area contributed by atoms with Crippen LogP contribution in [-0.2, 0) is 9.59 Å². The molecule has 0 saturated heterocycles. The Labute approximate surface area is 159 Å². The molecule has 26 heavy (non-hydrogen) atoms. The molecule has 2 amide bonds. The summed E-state index contributed by atoms with van der Waals surface area (Å²) in [4.78, 5) is 25.5. The number of amides is 2. The van der Waals surface area contributed by atoms with Gasteiger partial charge in [-0.1, -0.05) is 26.7 Å². The van der Waals surface area contributed by atoms with Crippen LogP contribution in [0.1, 0.15) is 85.5 Å². The average Bonchev–Trinajstić information content (AvgIpc) is 2.52. The number of carbonyl (C=O) groups excluding carboxylic acids is 2. The molecule has 4 fully saturated rings. The summed E-state index contributed by atoms with van der Waals surface area (Å²) in [6, 6.07) is -0.275. The molecule has 0 heterocycles. The van der Waals surface area contributed by atoms with E-state index in [1.807, 2.05) is 6.92 Å². The smallest absolute Gasteiger partial charge is 0.242 e. The van der Waals surface area contributed by atoms with Crippen molar-refractivity contribution < 1.29 is 9.59 Å². The van der Waals surface area contributed by atoms with Crippen molar-refractivity contribution in [1.82, 2.24) is 10.6 Å². The van der Waals surface area contributed by atoms with Gasteiger partial charge in [-0.2, -0.15) is 0 Å². The predicted molar refractivity (Wildman–Crippen MR) is 105 cm³/mol. The van der Waals surface area contributed by atoms with E-state index in [1.54, 1.807) is 0 Å². The second-order valence-corrected chi connectivity index (χ2v) is 10.1. The summed E-state index contributed by atoms with van der Waals surface area (Å²) in [5.74, 6) is 3.05. The zero-order valence-electron chi connectivity index (χ0n) is 17.1. The number of hydrogen-bond donors (Lipinski definition) is 2. The van der Waals surface area contributed by atoms with Gasteiger partial charge in [0.2, 0.25) is 11.8 Å². The molecule has 2 unspecified atom stereocenters. The lowest BCUT2D eigenvalue weighted by Gasteiger charge is -2.55. The van der Waals surface area contributed by atoms with Gasteiger partial charge in [-0.25, -0.2) is 0 Å². The van der Waals surface area contributed by atoms with Crippen molar-refractivity contribution in [3.63, 3.8) is 0 Å². The van der Waals surface area contributed by atoms with Crippen LogP contribution in [0.4, 0.5) is 0 Å². The number of nitrogens with one attached hydrogen (secondary N) is 2. The van der Waals surface area contributed by atoms with Crippen LogP contribution in [0.15, 0.2) is 0 Å². The largest absolute Gasteiger partial charge is 0.352 e. The van der Waals surface area contributed by atoms with E-state index >= 15 is 0 Å². The van der Waals surface area contributed by atoms with Crippen LogP contribution in [0.5, 0.6) is 0 Å². The molecule has 4 rings (SSSR count). The van der Waals surface area contributed by atoms with Gasteiger partial charge in [0.1, 0.15) is 6.04 Å². The van der Waals surface area contributed by atoms with Crippen LogP contribution in [0.25, 0.3) is 0 Å². The van der Waals surface area contributed by atoms with Crippen molar-refractivity contribution in [2.24, 2.45) is 29.1 Å². The van der Waals surface area contributed by atoms with Gasteiger partial charge < -0.3 is 10.6 Å². The molecule has 4 bridgehead atoms. The Morgan fingerprint density at radius 2 is 1.42 bits per heavy atom. The first-order valence-electron chi connectivity index (χ1n) is 10.9. The number of carbonyl (C=O) groups is 2. The third-order valence-corrected chi connectivity index (χ3v) is 7.07. The molecule has 0 aliphatic heterocycles. The SMILES string of the molecule is CC(C)CCCC(C)NC(=O)C(C)NC(=O)C12CC3CC(CC(C3)C1)C2. The lowest BCUT2D eigenvalue weighted by Crippen LogP contribution is -2.57. The topological polar surface area (TPSA) is 58.2 Å². The van der Waals surface area contributed by atoms with Crippen molar-refractivity contribution in [1.29, 1.82) is 0 Å². The third-order valence-electron chi connectivity index (χ3n) is 7.07. The van der Waals surface area contributed by atoms with Gasteiger partial charge in [-0.15, -0.1) is 0 Å². The first kappa shape index (κ1) is 19.7. The van der Waals surface area contributed by atoms with E-state index < -0.39 is 6.04 Å². The molecule has 4 aliphatic rings. The minimum absolute atomic E-state index is 0.0416. The van der Waals surface area contributed by atoms with Crippen LogP contribution in [0.3, 0.4) is 0 Å². The molecule has 148 valence electrons. The Bertz CT molecular complexity index is 493. The van der Waals surface area contributed by atoms with Crippen molar-refractivity contribution in [3.05, 3.63) is 0 Å². The predicted octanol–water partition coefficient (Wildman–Crippen LogP) is 4.04. The molecule has 2 atom stereocenters. The second-order valence-electron chi connectivity index (χ2n) is 10.1. The first-order valence-corrected chi connectivity index (χ1v) is 10.9. The highest BCUT2D eigenvalue weighted by atomic mass is 16.2. The molecule has 4 nitrogen and oxygen atoms in total. The molecular formula is C22H38N2O2. The van der Waals surface area contributed by atoms with E-state index in [1.165, 1.54) is 25.7 Å². The van der Waals surface area contributed by atoms with Gasteiger partial charge in [0.25, 0.3) is 0 Å². The lowest BCUT2D eigenvalue weighted by atomic mass is 9.49. The minimum atomic E-state index is -0.442. The highest BCUT2D eigenvalue weighted by molar-refractivity contribution is 5.90. The standard InChI is InChI=1S/C22H38N2O2/c1-14(2)6-5-7-15(3)23-20(25)16(4)24-21(26)22-11-17-8-18(12-22)10-19(9-17)13-22/h14-19H,5-13H2,1-4H3,(H,23,25)(H,24,26). The maximum absolute atomic E-state index is 13.1. The summed E-state index contributed by atoms with van der Waals surface area (Å²) in [6.07, 6.45) is 10.5. The summed E-state index contributed by atoms with van der Waals surface area (Å²) in [5.41, 5.74) is -0.174. The van der Waals surface area contributed by atoms with Crippen LogP contribution < -0.4 is 10.6 Å². The Kier molecular flexibility index (Phi) is 5.98. The maximum atomic E-state index is 13.1. The maximum Gasteiger partial charge on any atom is 0.242 e. The molecule has 4 heteroatoms. The fourth-order valence-corrected chi connectivity index (χ4v) is 6.08. The highest BCUT2D eigenvalue weighted by Crippen LogP contribution is 2.60. The van der Waals surface area contributed by atoms with Gasteiger partial charge in [0, 0.05) is 11.5 Å². The molecule has 4 saturated carbocycles.